The molecule has 15 nitrogen and oxygen atoms in total. The van der Waals surface area contributed by atoms with Crippen LogP contribution in [0.1, 0.15) is 86.6 Å². The number of aliphatic carboxylic acids is 1. The number of unbranched alkanes of at least 4 members (excludes halogenated alkanes) is 1. The highest BCUT2D eigenvalue weighted by molar-refractivity contribution is 5.97. The fourth-order valence-electron chi connectivity index (χ4n) is 7.31. The van der Waals surface area contributed by atoms with Crippen molar-refractivity contribution in [2.45, 2.75) is 116 Å². The predicted molar refractivity (Wildman–Crippen MR) is 236 cm³/mol. The van der Waals surface area contributed by atoms with E-state index in [4.69, 9.17) is 21.9 Å². The summed E-state index contributed by atoms with van der Waals surface area (Å²) in [6.07, 6.45) is 0.639. The molecule has 0 aliphatic carbocycles. The highest BCUT2D eigenvalue weighted by Gasteiger charge is 2.34. The van der Waals surface area contributed by atoms with Gasteiger partial charge in [-0.25, -0.2) is 0 Å². The first-order valence-corrected chi connectivity index (χ1v) is 21.3. The van der Waals surface area contributed by atoms with E-state index >= 15 is 0 Å². The van der Waals surface area contributed by atoms with Crippen LogP contribution in [0.3, 0.4) is 0 Å². The first-order valence-electron chi connectivity index (χ1n) is 21.3. The number of carboxylic acids is 1. The maximum Gasteiger partial charge on any atom is 0.305 e. The van der Waals surface area contributed by atoms with Gasteiger partial charge in [-0.3, -0.25) is 28.8 Å². The van der Waals surface area contributed by atoms with Crippen LogP contribution in [0.2, 0.25) is 0 Å². The molecule has 3 rings (SSSR count). The Kier molecular flexibility index (Phi) is 20.9. The summed E-state index contributed by atoms with van der Waals surface area (Å²) in [4.78, 5) is 78.4. The monoisotopic (exact) mass is 859 g/mol. The lowest BCUT2D eigenvalue weighted by Crippen LogP contribution is -2.50. The van der Waals surface area contributed by atoms with E-state index in [0.717, 1.165) is 58.4 Å². The molecule has 0 aliphatic rings. The van der Waals surface area contributed by atoms with Crippen LogP contribution in [-0.4, -0.2) is 94.6 Å². The van der Waals surface area contributed by atoms with E-state index in [1.165, 1.54) is 6.92 Å². The van der Waals surface area contributed by atoms with Gasteiger partial charge in [0, 0.05) is 18.8 Å². The normalized spacial score (nSPS) is 14.1. The second kappa shape index (κ2) is 25.5. The molecule has 3 amide bonds. The number of nitrogens with two attached hydrogens (primary N) is 3. The fourth-order valence-corrected chi connectivity index (χ4v) is 7.31. The quantitative estimate of drug-likeness (QED) is 0.0490. The van der Waals surface area contributed by atoms with Crippen LogP contribution >= 0.6 is 0 Å². The van der Waals surface area contributed by atoms with E-state index in [1.807, 2.05) is 75.4 Å². The number of nitrogens with one attached hydrogen (secondary N) is 2. The fraction of sp³-hybridized carbons (Fsp3) is 0.489. The number of benzene rings is 3. The number of Topliss-reactive ketones (excluding diaryl/α,β-unsaturated/α-hetero) is 2. The summed E-state index contributed by atoms with van der Waals surface area (Å²) in [5.41, 5.74) is 24.0. The highest BCUT2D eigenvalue weighted by Crippen LogP contribution is 2.29. The van der Waals surface area contributed by atoms with Crippen molar-refractivity contribution >= 4 is 35.3 Å². The van der Waals surface area contributed by atoms with Crippen molar-refractivity contribution in [2.24, 2.45) is 29.0 Å². The largest absolute Gasteiger partial charge is 0.494 e. The van der Waals surface area contributed by atoms with Gasteiger partial charge < -0.3 is 47.9 Å². The average Bonchev–Trinajstić information content (AvgIpc) is 3.22. The summed E-state index contributed by atoms with van der Waals surface area (Å²) in [5, 5.41) is 34.4. The Balaban J connectivity index is 1.89. The molecule has 0 saturated heterocycles. The molecule has 0 aromatic heterocycles. The number of aryl methyl sites for hydroxylation is 4. The smallest absolute Gasteiger partial charge is 0.305 e. The molecule has 0 saturated carbocycles. The third-order valence-corrected chi connectivity index (χ3v) is 10.8. The summed E-state index contributed by atoms with van der Waals surface area (Å²) >= 11 is 0. The molecule has 3 aromatic rings. The molecule has 0 radical (unpaired) electrons. The number of amides is 3. The van der Waals surface area contributed by atoms with E-state index in [1.54, 1.807) is 0 Å². The molecule has 62 heavy (non-hydrogen) atoms. The van der Waals surface area contributed by atoms with Crippen LogP contribution in [0, 0.1) is 25.7 Å². The molecule has 0 bridgehead atoms. The van der Waals surface area contributed by atoms with Gasteiger partial charge >= 0.3 is 5.97 Å². The molecule has 15 heteroatoms. The summed E-state index contributed by atoms with van der Waals surface area (Å²) in [6.45, 7) is 7.66. The number of ether oxygens (including phenoxy) is 1. The highest BCUT2D eigenvalue weighted by atomic mass is 16.5. The Morgan fingerprint density at radius 3 is 1.98 bits per heavy atom. The van der Waals surface area contributed by atoms with Crippen molar-refractivity contribution in [1.82, 2.24) is 10.6 Å². The van der Waals surface area contributed by atoms with E-state index < -0.39 is 97.2 Å². The number of carbonyl (C=O) groups is 6. The van der Waals surface area contributed by atoms with Crippen LogP contribution in [0.4, 0.5) is 0 Å². The average molecular weight is 860 g/mol. The summed E-state index contributed by atoms with van der Waals surface area (Å²) in [7, 11) is 0. The van der Waals surface area contributed by atoms with Crippen molar-refractivity contribution in [3.8, 4) is 16.9 Å². The summed E-state index contributed by atoms with van der Waals surface area (Å²) in [5.74, 6) is -7.13. The van der Waals surface area contributed by atoms with Crippen molar-refractivity contribution in [2.75, 3.05) is 19.8 Å². The molecule has 338 valence electrons. The van der Waals surface area contributed by atoms with E-state index in [0.29, 0.717) is 31.6 Å². The summed E-state index contributed by atoms with van der Waals surface area (Å²) < 4.78 is 5.92. The van der Waals surface area contributed by atoms with Crippen LogP contribution < -0.4 is 32.6 Å². The zero-order valence-electron chi connectivity index (χ0n) is 36.4. The minimum atomic E-state index is -1.64. The SMILES string of the molecule is CCc1cc(OCCCCN)ccc1-c1ccc(C[C@H](CC(=O)[C@H](CC(=O)O)NC(=O)[C@H](CO)CC(=O)[C@@H](N)[C@@H](C)O)C(=O)N[C@@H](CCCc2cc(C)cc(C)c2)C(N)=O)cc1. The van der Waals surface area contributed by atoms with Crippen molar-refractivity contribution in [3.05, 3.63) is 88.5 Å². The Morgan fingerprint density at radius 2 is 1.40 bits per heavy atom. The Morgan fingerprint density at radius 1 is 0.774 bits per heavy atom. The second-order valence-corrected chi connectivity index (χ2v) is 16.1. The minimum absolute atomic E-state index is 0.000848. The van der Waals surface area contributed by atoms with Crippen molar-refractivity contribution in [1.29, 1.82) is 0 Å². The first kappa shape index (κ1) is 50.9. The summed E-state index contributed by atoms with van der Waals surface area (Å²) in [6, 6.07) is 15.5. The van der Waals surface area contributed by atoms with Gasteiger partial charge in [0.05, 0.1) is 43.7 Å². The van der Waals surface area contributed by atoms with Gasteiger partial charge in [0.1, 0.15) is 11.8 Å². The number of ketones is 2. The van der Waals surface area contributed by atoms with Gasteiger partial charge in [-0.15, -0.1) is 0 Å². The molecule has 11 N–H and O–H groups in total. The van der Waals surface area contributed by atoms with E-state index in [2.05, 4.69) is 16.7 Å². The molecular weight excluding hydrogens is 795 g/mol. The van der Waals surface area contributed by atoms with Crippen LogP contribution in [0.15, 0.2) is 60.7 Å². The maximum absolute atomic E-state index is 14.1. The molecular formula is C47H65N5O10. The predicted octanol–water partition coefficient (Wildman–Crippen LogP) is 3.00. The molecule has 0 spiro atoms. The molecule has 3 aromatic carbocycles. The Bertz CT molecular complexity index is 1970. The van der Waals surface area contributed by atoms with Gasteiger partial charge in [0.15, 0.2) is 11.6 Å². The molecule has 6 atom stereocenters. The number of carboxylic acid groups (broad SMARTS) is 1. The molecule has 0 aliphatic heterocycles. The van der Waals surface area contributed by atoms with Crippen LogP contribution in [0.25, 0.3) is 11.1 Å². The van der Waals surface area contributed by atoms with E-state index in [-0.39, 0.29) is 12.8 Å². The van der Waals surface area contributed by atoms with Crippen molar-refractivity contribution < 1.29 is 48.8 Å². The molecule has 0 unspecified atom stereocenters. The Hall–Kier alpha value is -5.48. The number of primary amides is 1. The van der Waals surface area contributed by atoms with Crippen LogP contribution in [0.5, 0.6) is 5.75 Å². The number of aliphatic hydroxyl groups excluding tert-OH is 2. The van der Waals surface area contributed by atoms with Gasteiger partial charge in [-0.2, -0.15) is 0 Å². The topological polar surface area (TPSA) is 274 Å². The number of rotatable bonds is 28. The van der Waals surface area contributed by atoms with Crippen LogP contribution in [-0.2, 0) is 48.0 Å². The number of aliphatic hydroxyl groups is 2. The number of hydrogen-bond acceptors (Lipinski definition) is 11. The zero-order chi connectivity index (χ0) is 45.9. The zero-order valence-corrected chi connectivity index (χ0v) is 36.4. The Labute approximate surface area is 364 Å². The molecule has 0 fully saturated rings. The third-order valence-electron chi connectivity index (χ3n) is 10.8. The van der Waals surface area contributed by atoms with Gasteiger partial charge in [0.25, 0.3) is 0 Å². The van der Waals surface area contributed by atoms with E-state index in [9.17, 15) is 44.1 Å². The second-order valence-electron chi connectivity index (χ2n) is 16.1. The lowest BCUT2D eigenvalue weighted by molar-refractivity contribution is -0.141. The lowest BCUT2D eigenvalue weighted by atomic mass is 9.89. The molecule has 0 heterocycles. The lowest BCUT2D eigenvalue weighted by Gasteiger charge is -2.24. The van der Waals surface area contributed by atoms with Gasteiger partial charge in [-0.05, 0) is 112 Å². The standard InChI is InChI=1S/C47H65N5O10/c1-5-33-23-37(62-18-7-6-17-48)15-16-38(33)34-13-11-31(12-14-34)22-35(46(60)51-39(45(50)59)10-8-9-32-20-28(2)19-29(3)21-32)24-41(55)40(26-43(57)58)52-47(61)36(27-53)25-42(56)44(49)30(4)54/h11-16,19-21,23,30,35-36,39-40,44,53-54H,5-10,17-18,22,24-27,48-49H2,1-4H3,(H2,50,59)(H,51,60)(H,52,61)(H,57,58)/t30-,35-,36+,39+,40+,44+/m1/s1. The number of hydrogen-bond donors (Lipinski definition) is 8. The van der Waals surface area contributed by atoms with Gasteiger partial charge in [0.2, 0.25) is 17.7 Å². The minimum Gasteiger partial charge on any atom is -0.494 e. The maximum atomic E-state index is 14.1. The van der Waals surface area contributed by atoms with Crippen molar-refractivity contribution in [3.63, 3.8) is 0 Å². The third kappa shape index (κ3) is 16.4. The van der Waals surface area contributed by atoms with Gasteiger partial charge in [-0.1, -0.05) is 66.6 Å². The first-order chi connectivity index (χ1) is 29.4. The number of carbonyl (C=O) groups excluding carboxylic acids is 5.